The van der Waals surface area contributed by atoms with Gasteiger partial charge >= 0.3 is 0 Å². The quantitative estimate of drug-likeness (QED) is 0.405. The molecular weight excluding hydrogens is 444 g/mol. The van der Waals surface area contributed by atoms with Crippen LogP contribution < -0.4 is 5.32 Å². The molecule has 0 saturated heterocycles. The number of nitrogens with one attached hydrogen (secondary N) is 1. The van der Waals surface area contributed by atoms with E-state index < -0.39 is 6.04 Å². The lowest BCUT2D eigenvalue weighted by atomic mass is 10.0. The van der Waals surface area contributed by atoms with Gasteiger partial charge in [0.05, 0.1) is 6.42 Å². The fourth-order valence-corrected chi connectivity index (χ4v) is 4.10. The Hall–Kier alpha value is -3.11. The van der Waals surface area contributed by atoms with Crippen LogP contribution in [0.3, 0.4) is 0 Å². The average molecular weight is 477 g/mol. The maximum Gasteiger partial charge on any atom is 0.243 e. The minimum absolute atomic E-state index is 0.0137. The highest BCUT2D eigenvalue weighted by Gasteiger charge is 2.31. The molecule has 0 radical (unpaired) electrons. The first-order valence-corrected chi connectivity index (χ1v) is 12.2. The molecule has 3 aromatic rings. The van der Waals surface area contributed by atoms with Gasteiger partial charge in [-0.1, -0.05) is 96.9 Å². The number of rotatable bonds is 10. The standard InChI is InChI=1S/C29H33ClN2O2/c1-4-22(3)31-29(34)27(18-23-12-6-5-7-13-23)32(20-25-15-8-9-16-26(25)30)28(33)19-24-14-10-11-21(2)17-24/h5-17,22,27H,4,18-20H2,1-3H3,(H,31,34)/t22-,27+/m0/s1. The Labute approximate surface area is 207 Å². The van der Waals surface area contributed by atoms with E-state index in [0.29, 0.717) is 11.4 Å². The highest BCUT2D eigenvalue weighted by molar-refractivity contribution is 6.31. The number of benzene rings is 3. The second-order valence-corrected chi connectivity index (χ2v) is 9.21. The van der Waals surface area contributed by atoms with E-state index in [2.05, 4.69) is 5.32 Å². The average Bonchev–Trinajstić information content (AvgIpc) is 2.82. The molecule has 0 saturated carbocycles. The van der Waals surface area contributed by atoms with Crippen molar-refractivity contribution in [3.05, 3.63) is 106 Å². The molecule has 0 heterocycles. The van der Waals surface area contributed by atoms with Gasteiger partial charge in [-0.2, -0.15) is 0 Å². The van der Waals surface area contributed by atoms with Gasteiger partial charge in [0.2, 0.25) is 11.8 Å². The number of hydrogen-bond acceptors (Lipinski definition) is 2. The van der Waals surface area contributed by atoms with Crippen molar-refractivity contribution < 1.29 is 9.59 Å². The molecule has 34 heavy (non-hydrogen) atoms. The molecule has 0 aliphatic heterocycles. The molecule has 2 atom stereocenters. The number of nitrogens with zero attached hydrogens (tertiary/aromatic N) is 1. The third-order valence-corrected chi connectivity index (χ3v) is 6.38. The third-order valence-electron chi connectivity index (χ3n) is 6.01. The van der Waals surface area contributed by atoms with Gasteiger partial charge in [-0.15, -0.1) is 0 Å². The summed E-state index contributed by atoms with van der Waals surface area (Å²) < 4.78 is 0. The summed E-state index contributed by atoms with van der Waals surface area (Å²) in [7, 11) is 0. The zero-order valence-corrected chi connectivity index (χ0v) is 20.9. The third kappa shape index (κ3) is 7.19. The molecule has 178 valence electrons. The van der Waals surface area contributed by atoms with Crippen LogP contribution in [0.1, 0.15) is 42.5 Å². The van der Waals surface area contributed by atoms with Gasteiger partial charge in [-0.3, -0.25) is 9.59 Å². The molecule has 3 rings (SSSR count). The summed E-state index contributed by atoms with van der Waals surface area (Å²) in [6.07, 6.45) is 1.45. The van der Waals surface area contributed by atoms with E-state index in [1.165, 1.54) is 0 Å². The predicted octanol–water partition coefficient (Wildman–Crippen LogP) is 5.75. The van der Waals surface area contributed by atoms with Crippen LogP contribution in [0.4, 0.5) is 0 Å². The molecule has 4 nitrogen and oxygen atoms in total. The van der Waals surface area contributed by atoms with Crippen LogP contribution in [0, 0.1) is 6.92 Å². The van der Waals surface area contributed by atoms with Crippen molar-refractivity contribution in [3.8, 4) is 0 Å². The maximum atomic E-state index is 13.7. The van der Waals surface area contributed by atoms with Gasteiger partial charge in [0.15, 0.2) is 0 Å². The fraction of sp³-hybridized carbons (Fsp3) is 0.310. The number of amides is 2. The molecule has 0 spiro atoms. The van der Waals surface area contributed by atoms with Gasteiger partial charge in [0, 0.05) is 24.0 Å². The van der Waals surface area contributed by atoms with E-state index >= 15 is 0 Å². The lowest BCUT2D eigenvalue weighted by Gasteiger charge is -2.32. The van der Waals surface area contributed by atoms with Gasteiger partial charge in [0.25, 0.3) is 0 Å². The zero-order valence-electron chi connectivity index (χ0n) is 20.1. The number of carbonyl (C=O) groups is 2. The normalized spacial score (nSPS) is 12.6. The summed E-state index contributed by atoms with van der Waals surface area (Å²) in [6, 6.07) is 24.6. The molecule has 0 aromatic heterocycles. The lowest BCUT2D eigenvalue weighted by Crippen LogP contribution is -2.52. The molecule has 0 aliphatic carbocycles. The van der Waals surface area contributed by atoms with Crippen LogP contribution >= 0.6 is 11.6 Å². The zero-order chi connectivity index (χ0) is 24.5. The van der Waals surface area contributed by atoms with E-state index in [-0.39, 0.29) is 30.8 Å². The first kappa shape index (κ1) is 25.5. The maximum absolute atomic E-state index is 13.7. The SMILES string of the molecule is CC[C@H](C)NC(=O)[C@@H](Cc1ccccc1)N(Cc1ccccc1Cl)C(=O)Cc1cccc(C)c1. The molecule has 3 aromatic carbocycles. The van der Waals surface area contributed by atoms with Crippen molar-refractivity contribution in [1.82, 2.24) is 10.2 Å². The molecular formula is C29H33ClN2O2. The minimum Gasteiger partial charge on any atom is -0.352 e. The Morgan fingerprint density at radius 1 is 0.941 bits per heavy atom. The second-order valence-electron chi connectivity index (χ2n) is 8.80. The smallest absolute Gasteiger partial charge is 0.243 e. The van der Waals surface area contributed by atoms with Crippen molar-refractivity contribution >= 4 is 23.4 Å². The second kappa shape index (κ2) is 12.4. The van der Waals surface area contributed by atoms with E-state index in [9.17, 15) is 9.59 Å². The van der Waals surface area contributed by atoms with Crippen molar-refractivity contribution in [2.45, 2.75) is 58.7 Å². The van der Waals surface area contributed by atoms with E-state index in [1.807, 2.05) is 99.6 Å². The predicted molar refractivity (Wildman–Crippen MR) is 139 cm³/mol. The number of hydrogen-bond donors (Lipinski definition) is 1. The van der Waals surface area contributed by atoms with Crippen molar-refractivity contribution in [2.75, 3.05) is 0 Å². The van der Waals surface area contributed by atoms with Crippen molar-refractivity contribution in [3.63, 3.8) is 0 Å². The van der Waals surface area contributed by atoms with Gasteiger partial charge in [-0.05, 0) is 43.0 Å². The van der Waals surface area contributed by atoms with Gasteiger partial charge in [-0.25, -0.2) is 0 Å². The van der Waals surface area contributed by atoms with E-state index in [1.54, 1.807) is 4.90 Å². The summed E-state index contributed by atoms with van der Waals surface area (Å²) in [4.78, 5) is 28.9. The first-order valence-electron chi connectivity index (χ1n) is 11.8. The lowest BCUT2D eigenvalue weighted by molar-refractivity contribution is -0.141. The Morgan fingerprint density at radius 3 is 2.29 bits per heavy atom. The summed E-state index contributed by atoms with van der Waals surface area (Å²) >= 11 is 6.47. The highest BCUT2D eigenvalue weighted by Crippen LogP contribution is 2.21. The number of halogens is 1. The molecule has 0 bridgehead atoms. The van der Waals surface area contributed by atoms with Crippen LogP contribution in [0.15, 0.2) is 78.9 Å². The topological polar surface area (TPSA) is 49.4 Å². The molecule has 1 N–H and O–H groups in total. The van der Waals surface area contributed by atoms with Crippen LogP contribution in [0.2, 0.25) is 5.02 Å². The Morgan fingerprint density at radius 2 is 1.62 bits per heavy atom. The van der Waals surface area contributed by atoms with Crippen molar-refractivity contribution in [2.24, 2.45) is 0 Å². The fourth-order valence-electron chi connectivity index (χ4n) is 3.90. The molecule has 0 aliphatic rings. The largest absolute Gasteiger partial charge is 0.352 e. The Kier molecular flexibility index (Phi) is 9.29. The molecule has 0 fully saturated rings. The van der Waals surface area contributed by atoms with Crippen LogP contribution in [-0.4, -0.2) is 28.8 Å². The van der Waals surface area contributed by atoms with Gasteiger partial charge < -0.3 is 10.2 Å². The van der Waals surface area contributed by atoms with Gasteiger partial charge in [0.1, 0.15) is 6.04 Å². The number of carbonyl (C=O) groups excluding carboxylic acids is 2. The molecule has 5 heteroatoms. The van der Waals surface area contributed by atoms with Crippen LogP contribution in [-0.2, 0) is 29.0 Å². The van der Waals surface area contributed by atoms with Crippen LogP contribution in [0.25, 0.3) is 0 Å². The Balaban J connectivity index is 1.98. The molecule has 0 unspecified atom stereocenters. The monoisotopic (exact) mass is 476 g/mol. The minimum atomic E-state index is -0.662. The summed E-state index contributed by atoms with van der Waals surface area (Å²) in [5.41, 5.74) is 3.84. The summed E-state index contributed by atoms with van der Waals surface area (Å²) in [5.74, 6) is -0.256. The highest BCUT2D eigenvalue weighted by atomic mass is 35.5. The first-order chi connectivity index (χ1) is 16.4. The van der Waals surface area contributed by atoms with Crippen LogP contribution in [0.5, 0.6) is 0 Å². The summed E-state index contributed by atoms with van der Waals surface area (Å²) in [6.45, 7) is 6.27. The van der Waals surface area contributed by atoms with E-state index in [0.717, 1.165) is 28.7 Å². The Bertz CT molecular complexity index is 1100. The number of aryl methyl sites for hydroxylation is 1. The summed E-state index contributed by atoms with van der Waals surface area (Å²) in [5, 5.41) is 3.67. The molecule has 2 amide bonds. The van der Waals surface area contributed by atoms with E-state index in [4.69, 9.17) is 11.6 Å². The van der Waals surface area contributed by atoms with Crippen molar-refractivity contribution in [1.29, 1.82) is 0 Å².